The van der Waals surface area contributed by atoms with Crippen LogP contribution in [0.25, 0.3) is 10.2 Å². The van der Waals surface area contributed by atoms with Gasteiger partial charge < -0.3 is 0 Å². The molecule has 1 heterocycles. The van der Waals surface area contributed by atoms with Crippen LogP contribution in [0.3, 0.4) is 0 Å². The first-order valence-corrected chi connectivity index (χ1v) is 11.0. The van der Waals surface area contributed by atoms with Crippen LogP contribution < -0.4 is 5.32 Å². The monoisotopic (exact) mass is 421 g/mol. The summed E-state index contributed by atoms with van der Waals surface area (Å²) in [7, 11) is -2.05. The van der Waals surface area contributed by atoms with Gasteiger partial charge in [0, 0.05) is 19.2 Å². The molecule has 0 saturated heterocycles. The number of carbonyl (C=O) groups excluding carboxylic acids is 1. The third-order valence-corrected chi connectivity index (χ3v) is 7.05. The number of nitrogens with one attached hydrogen (secondary N) is 1. The van der Waals surface area contributed by atoms with Crippen molar-refractivity contribution < 1.29 is 17.6 Å². The Bertz CT molecular complexity index is 1100. The lowest BCUT2D eigenvalue weighted by Gasteiger charge is -2.16. The fourth-order valence-corrected chi connectivity index (χ4v) is 4.68. The van der Waals surface area contributed by atoms with Crippen molar-refractivity contribution in [3.05, 3.63) is 53.8 Å². The third kappa shape index (κ3) is 4.21. The first-order valence-electron chi connectivity index (χ1n) is 8.75. The molecule has 0 fully saturated rings. The average Bonchev–Trinajstić information content (AvgIpc) is 3.10. The van der Waals surface area contributed by atoms with Crippen molar-refractivity contribution in [1.29, 1.82) is 0 Å². The van der Waals surface area contributed by atoms with Crippen molar-refractivity contribution >= 4 is 42.6 Å². The number of amides is 1. The zero-order valence-electron chi connectivity index (χ0n) is 15.5. The van der Waals surface area contributed by atoms with Crippen molar-refractivity contribution in [2.75, 3.05) is 18.9 Å². The Morgan fingerprint density at radius 2 is 1.93 bits per heavy atom. The Morgan fingerprint density at radius 1 is 1.21 bits per heavy atom. The molecule has 0 aliphatic rings. The van der Waals surface area contributed by atoms with Gasteiger partial charge in [0.25, 0.3) is 5.91 Å². The van der Waals surface area contributed by atoms with E-state index in [2.05, 4.69) is 10.3 Å². The molecule has 0 spiro atoms. The summed E-state index contributed by atoms with van der Waals surface area (Å²) in [6.07, 6.45) is 1.67. The number of fused-ring (bicyclic) bond motifs is 1. The van der Waals surface area contributed by atoms with Gasteiger partial charge in [-0.25, -0.2) is 22.1 Å². The largest absolute Gasteiger partial charge is 0.298 e. The number of nitrogens with zero attached hydrogens (tertiary/aromatic N) is 2. The van der Waals surface area contributed by atoms with Gasteiger partial charge in [-0.05, 0) is 42.8 Å². The molecule has 0 radical (unpaired) electrons. The van der Waals surface area contributed by atoms with Crippen molar-refractivity contribution in [3.63, 3.8) is 0 Å². The zero-order valence-corrected chi connectivity index (χ0v) is 17.1. The quantitative estimate of drug-likeness (QED) is 0.623. The van der Waals surface area contributed by atoms with Crippen LogP contribution in [0, 0.1) is 5.82 Å². The normalized spacial score (nSPS) is 11.9. The Morgan fingerprint density at radius 3 is 2.57 bits per heavy atom. The number of halogens is 1. The number of sulfonamides is 1. The van der Waals surface area contributed by atoms with Crippen molar-refractivity contribution in [2.24, 2.45) is 0 Å². The maximum atomic E-state index is 13.7. The maximum absolute atomic E-state index is 13.7. The van der Waals surface area contributed by atoms with Crippen LogP contribution in [0.15, 0.2) is 47.4 Å². The van der Waals surface area contributed by atoms with Gasteiger partial charge in [-0.15, -0.1) is 0 Å². The molecule has 9 heteroatoms. The second-order valence-electron chi connectivity index (χ2n) is 6.26. The minimum atomic E-state index is -3.58. The summed E-state index contributed by atoms with van der Waals surface area (Å²) in [6.45, 7) is 2.43. The van der Waals surface area contributed by atoms with Crippen molar-refractivity contribution in [2.45, 2.75) is 24.7 Å². The summed E-state index contributed by atoms with van der Waals surface area (Å²) >= 11 is 1.17. The predicted octanol–water partition coefficient (Wildman–Crippen LogP) is 4.11. The first kappa shape index (κ1) is 20.4. The lowest BCUT2D eigenvalue weighted by atomic mass is 10.2. The highest BCUT2D eigenvalue weighted by molar-refractivity contribution is 7.89. The summed E-state index contributed by atoms with van der Waals surface area (Å²) in [4.78, 5) is 16.6. The van der Waals surface area contributed by atoms with E-state index in [-0.39, 0.29) is 21.1 Å². The smallest absolute Gasteiger partial charge is 0.257 e. The number of hydrogen-bond acceptors (Lipinski definition) is 5. The molecule has 1 aromatic heterocycles. The lowest BCUT2D eigenvalue weighted by molar-refractivity contribution is 0.102. The van der Waals surface area contributed by atoms with Crippen LogP contribution in [-0.4, -0.2) is 37.2 Å². The molecule has 0 unspecified atom stereocenters. The van der Waals surface area contributed by atoms with Crippen LogP contribution in [0.4, 0.5) is 9.52 Å². The highest BCUT2D eigenvalue weighted by atomic mass is 32.2. The minimum Gasteiger partial charge on any atom is -0.298 e. The second kappa shape index (κ2) is 8.34. The minimum absolute atomic E-state index is 0.129. The molecule has 0 saturated carbocycles. The molecule has 3 aromatic rings. The molecular formula is C19H20FN3O3S2. The van der Waals surface area contributed by atoms with Gasteiger partial charge in [0.1, 0.15) is 11.3 Å². The second-order valence-corrected chi connectivity index (χ2v) is 9.34. The highest BCUT2D eigenvalue weighted by Gasteiger charge is 2.20. The van der Waals surface area contributed by atoms with E-state index >= 15 is 0 Å². The van der Waals surface area contributed by atoms with Crippen molar-refractivity contribution in [3.8, 4) is 0 Å². The number of hydrogen-bond donors (Lipinski definition) is 1. The highest BCUT2D eigenvalue weighted by Crippen LogP contribution is 2.28. The molecular weight excluding hydrogens is 401 g/mol. The van der Waals surface area contributed by atoms with E-state index in [0.717, 1.165) is 12.8 Å². The van der Waals surface area contributed by atoms with Crippen LogP contribution in [0.5, 0.6) is 0 Å². The summed E-state index contributed by atoms with van der Waals surface area (Å²) in [5.74, 6) is -0.890. The lowest BCUT2D eigenvalue weighted by Crippen LogP contribution is -2.28. The molecule has 0 atom stereocenters. The number of benzene rings is 2. The topological polar surface area (TPSA) is 79.4 Å². The van der Waals surface area contributed by atoms with Gasteiger partial charge >= 0.3 is 0 Å². The van der Waals surface area contributed by atoms with E-state index in [1.807, 2.05) is 6.92 Å². The van der Waals surface area contributed by atoms with E-state index in [9.17, 15) is 17.6 Å². The Kier molecular flexibility index (Phi) is 6.07. The summed E-state index contributed by atoms with van der Waals surface area (Å²) in [6, 6.07) is 10.3. The number of anilines is 1. The van der Waals surface area contributed by atoms with E-state index < -0.39 is 21.7 Å². The number of aromatic nitrogens is 1. The van der Waals surface area contributed by atoms with Crippen LogP contribution >= 0.6 is 11.3 Å². The molecule has 0 aliphatic heterocycles. The first-order chi connectivity index (χ1) is 13.3. The van der Waals surface area contributed by atoms with Crippen LogP contribution in [0.2, 0.25) is 0 Å². The van der Waals surface area contributed by atoms with Crippen molar-refractivity contribution in [1.82, 2.24) is 9.29 Å². The number of rotatable bonds is 7. The molecule has 1 amide bonds. The Hall–Kier alpha value is -2.36. The number of unbranched alkanes of at least 4 members (excludes halogenated alkanes) is 1. The molecule has 148 valence electrons. The van der Waals surface area contributed by atoms with E-state index in [1.54, 1.807) is 12.1 Å². The molecule has 28 heavy (non-hydrogen) atoms. The van der Waals surface area contributed by atoms with Gasteiger partial charge in [-0.1, -0.05) is 30.7 Å². The van der Waals surface area contributed by atoms with Crippen LogP contribution in [0.1, 0.15) is 30.1 Å². The molecule has 0 bridgehead atoms. The van der Waals surface area contributed by atoms with E-state index in [1.165, 1.54) is 53.0 Å². The fraction of sp³-hybridized carbons (Fsp3) is 0.263. The number of carbonyl (C=O) groups is 1. The zero-order chi connectivity index (χ0) is 20.3. The Labute approximate surface area is 167 Å². The molecule has 2 aromatic carbocycles. The Balaban J connectivity index is 1.75. The third-order valence-electron chi connectivity index (χ3n) is 4.24. The van der Waals surface area contributed by atoms with Crippen LogP contribution in [-0.2, 0) is 10.0 Å². The average molecular weight is 422 g/mol. The van der Waals surface area contributed by atoms with Gasteiger partial charge in [0.05, 0.1) is 9.60 Å². The summed E-state index contributed by atoms with van der Waals surface area (Å²) in [5, 5.41) is 2.90. The van der Waals surface area contributed by atoms with Gasteiger partial charge in [-0.2, -0.15) is 0 Å². The van der Waals surface area contributed by atoms with Gasteiger partial charge in [0.2, 0.25) is 10.0 Å². The van der Waals surface area contributed by atoms with E-state index in [4.69, 9.17) is 0 Å². The SMILES string of the molecule is CCCCN(C)S(=O)(=O)c1ccc(C(=O)Nc2nc3c(F)cccc3s2)cc1. The summed E-state index contributed by atoms with van der Waals surface area (Å²) in [5.41, 5.74) is 0.495. The molecule has 0 aliphatic carbocycles. The van der Waals surface area contributed by atoms with Gasteiger partial charge in [0.15, 0.2) is 5.13 Å². The number of thiazole rings is 1. The molecule has 1 N–H and O–H groups in total. The predicted molar refractivity (Wildman–Crippen MR) is 109 cm³/mol. The van der Waals surface area contributed by atoms with E-state index in [0.29, 0.717) is 11.2 Å². The maximum Gasteiger partial charge on any atom is 0.257 e. The standard InChI is InChI=1S/C19H20FN3O3S2/c1-3-4-12-23(2)28(25,26)14-10-8-13(9-11-14)18(24)22-19-21-17-15(20)6-5-7-16(17)27-19/h5-11H,3-4,12H2,1-2H3,(H,21,22,24). The molecule has 6 nitrogen and oxygen atoms in total. The number of para-hydroxylation sites is 1. The summed E-state index contributed by atoms with van der Waals surface area (Å²) < 4.78 is 40.7. The van der Waals surface area contributed by atoms with Gasteiger partial charge in [-0.3, -0.25) is 10.1 Å². The molecule has 3 rings (SSSR count). The fourth-order valence-electron chi connectivity index (χ4n) is 2.60.